The van der Waals surface area contributed by atoms with Crippen molar-refractivity contribution in [2.45, 2.75) is 24.7 Å². The lowest BCUT2D eigenvalue weighted by atomic mass is 10.3. The number of hydrogen-bond donors (Lipinski definition) is 1. The Morgan fingerprint density at radius 1 is 1.33 bits per heavy atom. The Hall–Kier alpha value is -2.84. The van der Waals surface area contributed by atoms with Gasteiger partial charge >= 0.3 is 0 Å². The molecule has 2 aromatic carbocycles. The van der Waals surface area contributed by atoms with Crippen molar-refractivity contribution < 1.29 is 13.9 Å². The van der Waals surface area contributed by atoms with E-state index in [1.54, 1.807) is 24.3 Å². The summed E-state index contributed by atoms with van der Waals surface area (Å²) in [6, 6.07) is 12.7. The van der Waals surface area contributed by atoms with Crippen LogP contribution in [0.4, 0.5) is 10.1 Å². The van der Waals surface area contributed by atoms with Crippen LogP contribution in [0, 0.1) is 5.82 Å². The van der Waals surface area contributed by atoms with Gasteiger partial charge in [0.25, 0.3) is 0 Å². The Morgan fingerprint density at radius 3 is 2.80 bits per heavy atom. The molecule has 156 valence electrons. The Kier molecular flexibility index (Phi) is 7.48. The highest BCUT2D eigenvalue weighted by Crippen LogP contribution is 2.26. The van der Waals surface area contributed by atoms with Crippen LogP contribution < -0.4 is 10.1 Å². The molecule has 6 nitrogen and oxygen atoms in total. The molecule has 0 saturated heterocycles. The number of carbonyl (C=O) groups is 1. The first-order valence-electron chi connectivity index (χ1n) is 9.10. The topological polar surface area (TPSA) is 69.0 Å². The number of benzene rings is 2. The van der Waals surface area contributed by atoms with Gasteiger partial charge in [-0.15, -0.1) is 16.8 Å². The zero-order valence-electron chi connectivity index (χ0n) is 16.2. The van der Waals surface area contributed by atoms with Gasteiger partial charge in [0.05, 0.1) is 5.75 Å². The summed E-state index contributed by atoms with van der Waals surface area (Å²) in [5, 5.41) is 12.3. The van der Waals surface area contributed by atoms with Crippen LogP contribution in [0.5, 0.6) is 5.75 Å². The average molecular weight is 447 g/mol. The molecule has 9 heteroatoms. The molecular weight excluding hydrogens is 427 g/mol. The lowest BCUT2D eigenvalue weighted by Crippen LogP contribution is -2.15. The first-order chi connectivity index (χ1) is 14.5. The van der Waals surface area contributed by atoms with E-state index in [9.17, 15) is 9.18 Å². The molecule has 0 saturated carbocycles. The summed E-state index contributed by atoms with van der Waals surface area (Å²) in [5.74, 6) is 0.759. The van der Waals surface area contributed by atoms with Crippen LogP contribution in [0.1, 0.15) is 18.9 Å². The van der Waals surface area contributed by atoms with Crippen LogP contribution in [0.2, 0.25) is 5.02 Å². The van der Waals surface area contributed by atoms with Gasteiger partial charge in [-0.1, -0.05) is 35.5 Å². The summed E-state index contributed by atoms with van der Waals surface area (Å²) >= 11 is 7.25. The normalized spacial score (nSPS) is 11.7. The molecule has 0 fully saturated rings. The SMILES string of the molecule is C=CCn1c(SCC(=O)Nc2ccc(F)cc2)nnc1C(C)Oc1cccc(Cl)c1. The standard InChI is InChI=1S/C21H20ClFN4O2S/c1-3-11-27-20(14(2)29-18-6-4-5-15(22)12-18)25-26-21(27)30-13-19(28)24-17-9-7-16(23)8-10-17/h3-10,12,14H,1,11,13H2,2H3,(H,24,28). The smallest absolute Gasteiger partial charge is 0.234 e. The largest absolute Gasteiger partial charge is 0.483 e. The molecule has 0 bridgehead atoms. The summed E-state index contributed by atoms with van der Waals surface area (Å²) in [6.45, 7) is 6.10. The monoisotopic (exact) mass is 446 g/mol. The zero-order chi connectivity index (χ0) is 21.5. The van der Waals surface area contributed by atoms with Gasteiger partial charge in [-0.25, -0.2) is 4.39 Å². The van der Waals surface area contributed by atoms with E-state index in [2.05, 4.69) is 22.1 Å². The van der Waals surface area contributed by atoms with Crippen molar-refractivity contribution in [1.82, 2.24) is 14.8 Å². The fourth-order valence-electron chi connectivity index (χ4n) is 2.67. The number of aromatic nitrogens is 3. The number of halogens is 2. The quantitative estimate of drug-likeness (QED) is 0.364. The predicted octanol–water partition coefficient (Wildman–Crippen LogP) is 5.13. The number of hydrogen-bond acceptors (Lipinski definition) is 5. The van der Waals surface area contributed by atoms with Gasteiger partial charge in [-0.3, -0.25) is 9.36 Å². The van der Waals surface area contributed by atoms with E-state index in [1.807, 2.05) is 17.6 Å². The van der Waals surface area contributed by atoms with Gasteiger partial charge in [0, 0.05) is 17.3 Å². The van der Waals surface area contributed by atoms with E-state index in [0.29, 0.717) is 34.0 Å². The maximum absolute atomic E-state index is 13.0. The van der Waals surface area contributed by atoms with E-state index >= 15 is 0 Å². The molecular formula is C21H20ClFN4O2S. The van der Waals surface area contributed by atoms with Gasteiger partial charge in [0.2, 0.25) is 5.91 Å². The Labute approximate surface area is 183 Å². The van der Waals surface area contributed by atoms with Crippen LogP contribution in [0.15, 0.2) is 66.3 Å². The summed E-state index contributed by atoms with van der Waals surface area (Å²) in [7, 11) is 0. The second-order valence-electron chi connectivity index (χ2n) is 6.30. The number of rotatable bonds is 9. The second-order valence-corrected chi connectivity index (χ2v) is 7.68. The highest BCUT2D eigenvalue weighted by Gasteiger charge is 2.20. The molecule has 1 aromatic heterocycles. The number of thioether (sulfide) groups is 1. The summed E-state index contributed by atoms with van der Waals surface area (Å²) in [4.78, 5) is 12.2. The minimum atomic E-state index is -0.390. The molecule has 1 unspecified atom stereocenters. The van der Waals surface area contributed by atoms with E-state index < -0.39 is 6.10 Å². The highest BCUT2D eigenvalue weighted by molar-refractivity contribution is 7.99. The average Bonchev–Trinajstić information content (AvgIpc) is 3.11. The first-order valence-corrected chi connectivity index (χ1v) is 10.5. The van der Waals surface area contributed by atoms with E-state index in [4.69, 9.17) is 16.3 Å². The van der Waals surface area contributed by atoms with E-state index in [1.165, 1.54) is 36.0 Å². The lowest BCUT2D eigenvalue weighted by Gasteiger charge is -2.16. The van der Waals surface area contributed by atoms with Gasteiger partial charge < -0.3 is 10.1 Å². The maximum atomic E-state index is 13.0. The molecule has 0 aliphatic rings. The minimum absolute atomic E-state index is 0.121. The molecule has 1 atom stereocenters. The summed E-state index contributed by atoms with van der Waals surface area (Å²) < 4.78 is 20.8. The van der Waals surface area contributed by atoms with Gasteiger partial charge in [0.15, 0.2) is 17.1 Å². The Balaban J connectivity index is 1.66. The molecule has 3 aromatic rings. The highest BCUT2D eigenvalue weighted by atomic mass is 35.5. The van der Waals surface area contributed by atoms with Crippen LogP contribution in [0.3, 0.4) is 0 Å². The van der Waals surface area contributed by atoms with E-state index in [0.717, 1.165) is 0 Å². The molecule has 3 rings (SSSR count). The van der Waals surface area contributed by atoms with Crippen molar-refractivity contribution >= 4 is 35.0 Å². The molecule has 1 N–H and O–H groups in total. The van der Waals surface area contributed by atoms with Crippen LogP contribution >= 0.6 is 23.4 Å². The van der Waals surface area contributed by atoms with Crippen LogP contribution in [-0.2, 0) is 11.3 Å². The number of nitrogens with zero attached hydrogens (tertiary/aromatic N) is 3. The third-order valence-corrected chi connectivity index (χ3v) is 5.19. The fourth-order valence-corrected chi connectivity index (χ4v) is 3.60. The van der Waals surface area contributed by atoms with E-state index in [-0.39, 0.29) is 17.5 Å². The third-order valence-electron chi connectivity index (χ3n) is 3.99. The van der Waals surface area contributed by atoms with Gasteiger partial charge in [-0.2, -0.15) is 0 Å². The van der Waals surface area contributed by atoms with Crippen molar-refractivity contribution in [3.63, 3.8) is 0 Å². The molecule has 0 aliphatic carbocycles. The summed E-state index contributed by atoms with van der Waals surface area (Å²) in [5.41, 5.74) is 0.527. The number of allylic oxidation sites excluding steroid dienone is 1. The third kappa shape index (κ3) is 5.84. The molecule has 1 heterocycles. The Bertz CT molecular complexity index is 1030. The number of ether oxygens (including phenoxy) is 1. The van der Waals surface area contributed by atoms with Crippen LogP contribution in [0.25, 0.3) is 0 Å². The number of carbonyl (C=O) groups excluding carboxylic acids is 1. The molecule has 30 heavy (non-hydrogen) atoms. The van der Waals surface area contributed by atoms with Crippen molar-refractivity contribution in [1.29, 1.82) is 0 Å². The van der Waals surface area contributed by atoms with Gasteiger partial charge in [0.1, 0.15) is 11.6 Å². The first kappa shape index (κ1) is 21.9. The lowest BCUT2D eigenvalue weighted by molar-refractivity contribution is -0.113. The number of anilines is 1. The molecule has 0 aliphatic heterocycles. The number of nitrogens with one attached hydrogen (secondary N) is 1. The molecule has 1 amide bonds. The Morgan fingerprint density at radius 2 is 2.10 bits per heavy atom. The van der Waals surface area contributed by atoms with Gasteiger partial charge in [-0.05, 0) is 49.4 Å². The summed E-state index contributed by atoms with van der Waals surface area (Å²) in [6.07, 6.45) is 1.33. The maximum Gasteiger partial charge on any atom is 0.234 e. The van der Waals surface area contributed by atoms with Crippen LogP contribution in [-0.4, -0.2) is 26.4 Å². The predicted molar refractivity (Wildman–Crippen MR) is 116 cm³/mol. The second kappa shape index (κ2) is 10.3. The van der Waals surface area contributed by atoms with Crippen molar-refractivity contribution in [3.05, 3.63) is 77.9 Å². The van der Waals surface area contributed by atoms with Crippen molar-refractivity contribution in [2.24, 2.45) is 0 Å². The fraction of sp³-hybridized carbons (Fsp3) is 0.190. The molecule has 0 spiro atoms. The number of amides is 1. The minimum Gasteiger partial charge on any atom is -0.483 e. The van der Waals surface area contributed by atoms with Crippen molar-refractivity contribution in [2.75, 3.05) is 11.1 Å². The molecule has 0 radical (unpaired) electrons. The zero-order valence-corrected chi connectivity index (χ0v) is 17.8. The van der Waals surface area contributed by atoms with Crippen molar-refractivity contribution in [3.8, 4) is 5.75 Å².